The number of halogens is 2. The summed E-state index contributed by atoms with van der Waals surface area (Å²) in [5.41, 5.74) is 1.64. The largest absolute Gasteiger partial charge is 0.348 e. The molecule has 2 rings (SSSR count). The van der Waals surface area contributed by atoms with Gasteiger partial charge in [0.25, 0.3) is 0 Å². The Morgan fingerprint density at radius 1 is 1.23 bits per heavy atom. The predicted molar refractivity (Wildman–Crippen MR) is 47.6 cm³/mol. The monoisotopic (exact) mass is 181 g/mol. The third kappa shape index (κ3) is 1.03. The number of hydrogen-bond donors (Lipinski definition) is 0. The lowest BCUT2D eigenvalue weighted by Gasteiger charge is -1.98. The maximum absolute atomic E-state index is 13.2. The Balaban J connectivity index is 2.94. The van der Waals surface area contributed by atoms with Crippen LogP contribution in [0.25, 0.3) is 10.9 Å². The quantitative estimate of drug-likeness (QED) is 0.589. The molecule has 0 radical (unpaired) electrons. The van der Waals surface area contributed by atoms with Crippen LogP contribution in [0.5, 0.6) is 0 Å². The molecule has 0 aliphatic carbocycles. The van der Waals surface area contributed by atoms with Crippen molar-refractivity contribution in [2.24, 2.45) is 7.05 Å². The molecule has 0 N–H and O–H groups in total. The van der Waals surface area contributed by atoms with Crippen LogP contribution in [0, 0.1) is 18.6 Å². The molecule has 0 atom stereocenters. The summed E-state index contributed by atoms with van der Waals surface area (Å²) in [6, 6.07) is 4.38. The van der Waals surface area contributed by atoms with E-state index in [0.717, 1.165) is 17.3 Å². The highest BCUT2D eigenvalue weighted by atomic mass is 19.2. The first-order valence-corrected chi connectivity index (χ1v) is 4.01. The number of aromatic nitrogens is 1. The first-order chi connectivity index (χ1) is 6.11. The van der Waals surface area contributed by atoms with Crippen molar-refractivity contribution in [3.05, 3.63) is 35.5 Å². The van der Waals surface area contributed by atoms with Crippen LogP contribution >= 0.6 is 0 Å². The van der Waals surface area contributed by atoms with Gasteiger partial charge in [0.1, 0.15) is 0 Å². The van der Waals surface area contributed by atoms with Gasteiger partial charge in [0.2, 0.25) is 0 Å². The lowest BCUT2D eigenvalue weighted by Crippen LogP contribution is -1.90. The van der Waals surface area contributed by atoms with E-state index < -0.39 is 11.6 Å². The van der Waals surface area contributed by atoms with Crippen molar-refractivity contribution in [3.63, 3.8) is 0 Å². The average molecular weight is 181 g/mol. The number of fused-ring (bicyclic) bond motifs is 1. The summed E-state index contributed by atoms with van der Waals surface area (Å²) >= 11 is 0. The van der Waals surface area contributed by atoms with Gasteiger partial charge in [-0.2, -0.15) is 0 Å². The van der Waals surface area contributed by atoms with E-state index in [4.69, 9.17) is 0 Å². The van der Waals surface area contributed by atoms with Gasteiger partial charge in [0.15, 0.2) is 11.6 Å². The van der Waals surface area contributed by atoms with Crippen molar-refractivity contribution in [1.82, 2.24) is 4.57 Å². The molecule has 1 heterocycles. The number of aryl methyl sites for hydroxylation is 2. The van der Waals surface area contributed by atoms with Crippen LogP contribution in [0.1, 0.15) is 5.69 Å². The van der Waals surface area contributed by atoms with Gasteiger partial charge in [0, 0.05) is 18.1 Å². The van der Waals surface area contributed by atoms with E-state index in [1.54, 1.807) is 12.1 Å². The molecule has 0 aliphatic rings. The molecule has 0 spiro atoms. The van der Waals surface area contributed by atoms with Crippen molar-refractivity contribution >= 4 is 10.9 Å². The van der Waals surface area contributed by atoms with Gasteiger partial charge in [-0.25, -0.2) is 8.78 Å². The van der Waals surface area contributed by atoms with Gasteiger partial charge in [-0.1, -0.05) is 0 Å². The maximum atomic E-state index is 13.2. The van der Waals surface area contributed by atoms with Crippen LogP contribution in [0.4, 0.5) is 8.78 Å². The smallest absolute Gasteiger partial charge is 0.168 e. The van der Waals surface area contributed by atoms with E-state index in [1.165, 1.54) is 0 Å². The normalized spacial score (nSPS) is 11.1. The second kappa shape index (κ2) is 2.55. The Labute approximate surface area is 74.6 Å². The Bertz CT molecular complexity index is 471. The fraction of sp³-hybridized carbons (Fsp3) is 0.200. The van der Waals surface area contributed by atoms with E-state index in [1.807, 2.05) is 18.5 Å². The van der Waals surface area contributed by atoms with Crippen molar-refractivity contribution in [2.75, 3.05) is 0 Å². The van der Waals surface area contributed by atoms with Crippen molar-refractivity contribution in [1.29, 1.82) is 0 Å². The van der Waals surface area contributed by atoms with E-state index in [-0.39, 0.29) is 0 Å². The standard InChI is InChI=1S/C10H9F2N/c1-6-5-7-9(13(6)2)4-3-8(11)10(7)12/h3-5H,1-2H3. The molecule has 1 nitrogen and oxygen atoms in total. The molecule has 3 heteroatoms. The molecule has 0 bridgehead atoms. The first kappa shape index (κ1) is 8.23. The molecule has 0 amide bonds. The molecule has 0 aliphatic heterocycles. The van der Waals surface area contributed by atoms with E-state index >= 15 is 0 Å². The van der Waals surface area contributed by atoms with Crippen LogP contribution in [0.15, 0.2) is 18.2 Å². The molecule has 0 fully saturated rings. The molecule has 0 unspecified atom stereocenters. The summed E-state index contributed by atoms with van der Waals surface area (Å²) in [4.78, 5) is 0. The lowest BCUT2D eigenvalue weighted by molar-refractivity contribution is 0.517. The van der Waals surface area contributed by atoms with Crippen LogP contribution in [0.2, 0.25) is 0 Å². The predicted octanol–water partition coefficient (Wildman–Crippen LogP) is 2.76. The molecule has 0 saturated heterocycles. The minimum Gasteiger partial charge on any atom is -0.348 e. The summed E-state index contributed by atoms with van der Waals surface area (Å²) in [5, 5.41) is 0.347. The minimum atomic E-state index is -0.793. The SMILES string of the molecule is Cc1cc2c(F)c(F)ccc2n1C. The molecular formula is C10H9F2N. The van der Waals surface area contributed by atoms with Crippen molar-refractivity contribution < 1.29 is 8.78 Å². The average Bonchev–Trinajstić information content (AvgIpc) is 2.38. The maximum Gasteiger partial charge on any atom is 0.168 e. The van der Waals surface area contributed by atoms with Gasteiger partial charge >= 0.3 is 0 Å². The van der Waals surface area contributed by atoms with E-state index in [9.17, 15) is 8.78 Å². The van der Waals surface area contributed by atoms with Gasteiger partial charge in [-0.05, 0) is 25.1 Å². The number of rotatable bonds is 0. The number of hydrogen-bond acceptors (Lipinski definition) is 0. The Morgan fingerprint density at radius 3 is 2.62 bits per heavy atom. The van der Waals surface area contributed by atoms with E-state index in [2.05, 4.69) is 0 Å². The second-order valence-corrected chi connectivity index (χ2v) is 3.14. The first-order valence-electron chi connectivity index (χ1n) is 4.01. The van der Waals surface area contributed by atoms with Crippen molar-refractivity contribution in [2.45, 2.75) is 6.92 Å². The third-order valence-electron chi connectivity index (χ3n) is 2.35. The molecule has 13 heavy (non-hydrogen) atoms. The highest BCUT2D eigenvalue weighted by Crippen LogP contribution is 2.22. The summed E-state index contributed by atoms with van der Waals surface area (Å²) in [6.45, 7) is 1.86. The molecule has 2 aromatic rings. The van der Waals surface area contributed by atoms with Gasteiger partial charge in [-0.15, -0.1) is 0 Å². The fourth-order valence-corrected chi connectivity index (χ4v) is 1.48. The highest BCUT2D eigenvalue weighted by Gasteiger charge is 2.10. The third-order valence-corrected chi connectivity index (χ3v) is 2.35. The molecular weight excluding hydrogens is 172 g/mol. The number of nitrogens with zero attached hydrogens (tertiary/aromatic N) is 1. The summed E-state index contributed by atoms with van der Waals surface area (Å²) < 4.78 is 27.8. The van der Waals surface area contributed by atoms with Gasteiger partial charge < -0.3 is 4.57 Å². The fourth-order valence-electron chi connectivity index (χ4n) is 1.48. The Morgan fingerprint density at radius 2 is 1.92 bits per heavy atom. The van der Waals surface area contributed by atoms with Gasteiger partial charge in [-0.3, -0.25) is 0 Å². The molecule has 1 aromatic heterocycles. The van der Waals surface area contributed by atoms with Crippen LogP contribution in [-0.2, 0) is 7.05 Å². The molecule has 1 aromatic carbocycles. The summed E-state index contributed by atoms with van der Waals surface area (Å²) in [5.74, 6) is -1.56. The zero-order valence-electron chi connectivity index (χ0n) is 7.44. The number of benzene rings is 1. The Kier molecular flexibility index (Phi) is 1.62. The summed E-state index contributed by atoms with van der Waals surface area (Å²) in [7, 11) is 1.83. The van der Waals surface area contributed by atoms with Crippen molar-refractivity contribution in [3.8, 4) is 0 Å². The second-order valence-electron chi connectivity index (χ2n) is 3.14. The van der Waals surface area contributed by atoms with Gasteiger partial charge in [0.05, 0.1) is 5.52 Å². The minimum absolute atomic E-state index is 0.347. The topological polar surface area (TPSA) is 4.93 Å². The molecule has 68 valence electrons. The van der Waals surface area contributed by atoms with Crippen LogP contribution in [0.3, 0.4) is 0 Å². The summed E-state index contributed by atoms with van der Waals surface area (Å²) in [6.07, 6.45) is 0. The van der Waals surface area contributed by atoms with E-state index in [0.29, 0.717) is 5.39 Å². The highest BCUT2D eigenvalue weighted by molar-refractivity contribution is 5.81. The van der Waals surface area contributed by atoms with Crippen LogP contribution < -0.4 is 0 Å². The lowest BCUT2D eigenvalue weighted by atomic mass is 10.2. The zero-order chi connectivity index (χ0) is 9.59. The Hall–Kier alpha value is -1.38. The zero-order valence-corrected chi connectivity index (χ0v) is 7.44. The van der Waals surface area contributed by atoms with Crippen LogP contribution in [-0.4, -0.2) is 4.57 Å². The molecule has 0 saturated carbocycles.